The van der Waals surface area contributed by atoms with Crippen LogP contribution in [0.15, 0.2) is 17.5 Å². The highest BCUT2D eigenvalue weighted by atomic mass is 32.1. The Morgan fingerprint density at radius 2 is 2.00 bits per heavy atom. The fourth-order valence-corrected chi connectivity index (χ4v) is 3.97. The number of aryl methyl sites for hydroxylation is 1. The van der Waals surface area contributed by atoms with Gasteiger partial charge in [-0.05, 0) is 50.6 Å². The summed E-state index contributed by atoms with van der Waals surface area (Å²) in [6.07, 6.45) is 1.82. The van der Waals surface area contributed by atoms with E-state index in [1.165, 1.54) is 18.4 Å². The lowest BCUT2D eigenvalue weighted by atomic mass is 9.99. The molecule has 1 fully saturated rings. The van der Waals surface area contributed by atoms with Gasteiger partial charge in [-0.1, -0.05) is 6.07 Å². The number of amides is 1. The summed E-state index contributed by atoms with van der Waals surface area (Å²) >= 11 is 1.38. The van der Waals surface area contributed by atoms with Crippen molar-refractivity contribution >= 4 is 29.0 Å². The number of carbonyl (C=O) groups excluding carboxylic acids is 3. The second kappa shape index (κ2) is 7.07. The van der Waals surface area contributed by atoms with Gasteiger partial charge in [0.2, 0.25) is 0 Å². The first-order valence-electron chi connectivity index (χ1n) is 8.54. The summed E-state index contributed by atoms with van der Waals surface area (Å²) < 4.78 is 4.76. The zero-order valence-electron chi connectivity index (χ0n) is 15.3. The number of Topliss-reactive ketones (excluding diaryl/α,β-unsaturated/α-hetero) is 1. The van der Waals surface area contributed by atoms with Crippen molar-refractivity contribution < 1.29 is 19.1 Å². The van der Waals surface area contributed by atoms with Gasteiger partial charge in [-0.15, -0.1) is 11.3 Å². The molecule has 0 aromatic carbocycles. The van der Waals surface area contributed by atoms with Crippen molar-refractivity contribution in [2.75, 3.05) is 7.11 Å². The predicted octanol–water partition coefficient (Wildman–Crippen LogP) is 3.36. The predicted molar refractivity (Wildman–Crippen MR) is 98.9 cm³/mol. The summed E-state index contributed by atoms with van der Waals surface area (Å²) in [6.45, 7) is 5.23. The molecule has 1 N–H and O–H groups in total. The van der Waals surface area contributed by atoms with Crippen LogP contribution in [0.1, 0.15) is 61.5 Å². The van der Waals surface area contributed by atoms with Crippen molar-refractivity contribution in [2.24, 2.45) is 0 Å². The molecule has 0 spiro atoms. The molecule has 0 aliphatic heterocycles. The lowest BCUT2D eigenvalue weighted by Gasteiger charge is -2.28. The maximum atomic E-state index is 13.2. The number of nitrogens with one attached hydrogen (secondary N) is 1. The number of ketones is 1. The minimum atomic E-state index is -0.601. The number of hydrogen-bond donors (Lipinski definition) is 1. The van der Waals surface area contributed by atoms with E-state index < -0.39 is 12.0 Å². The Kier molecular flexibility index (Phi) is 5.00. The second-order valence-corrected chi connectivity index (χ2v) is 7.53. The van der Waals surface area contributed by atoms with Gasteiger partial charge in [0.15, 0.2) is 5.78 Å². The standard InChI is InChI=1S/C19H22N2O4S/c1-10-15(11(2)20-16(10)19(24)25-4)17(22)12(3)21(13-7-8-13)18(23)14-6-5-9-26-14/h5-6,9,12-13,20H,7-8H2,1-4H3/t12-/m1/s1. The molecule has 7 heteroatoms. The van der Waals surface area contributed by atoms with Crippen LogP contribution in [0.4, 0.5) is 0 Å². The molecule has 1 saturated carbocycles. The number of aromatic nitrogens is 1. The molecule has 0 unspecified atom stereocenters. The third-order valence-electron chi connectivity index (χ3n) is 4.78. The first-order valence-corrected chi connectivity index (χ1v) is 9.42. The molecule has 3 rings (SSSR count). The van der Waals surface area contributed by atoms with Gasteiger partial charge < -0.3 is 14.6 Å². The molecule has 138 valence electrons. The molecular formula is C19H22N2O4S. The quantitative estimate of drug-likeness (QED) is 0.621. The Bertz CT molecular complexity index is 849. The van der Waals surface area contributed by atoms with Gasteiger partial charge in [0.05, 0.1) is 18.0 Å². The maximum Gasteiger partial charge on any atom is 0.354 e. The van der Waals surface area contributed by atoms with E-state index in [1.807, 2.05) is 11.4 Å². The summed E-state index contributed by atoms with van der Waals surface area (Å²) in [5.41, 5.74) is 1.91. The zero-order valence-corrected chi connectivity index (χ0v) is 16.1. The topological polar surface area (TPSA) is 79.5 Å². The smallest absolute Gasteiger partial charge is 0.354 e. The van der Waals surface area contributed by atoms with Gasteiger partial charge in [0, 0.05) is 17.3 Å². The highest BCUT2D eigenvalue weighted by molar-refractivity contribution is 7.12. The number of ether oxygens (including phenoxy) is 1. The van der Waals surface area contributed by atoms with E-state index in [4.69, 9.17) is 4.74 Å². The lowest BCUT2D eigenvalue weighted by molar-refractivity contribution is 0.0592. The number of thiophene rings is 1. The Morgan fingerprint density at radius 3 is 2.54 bits per heavy atom. The molecule has 2 heterocycles. The Hall–Kier alpha value is -2.41. The molecule has 1 aliphatic carbocycles. The molecule has 0 bridgehead atoms. The summed E-state index contributed by atoms with van der Waals surface area (Å²) in [7, 11) is 1.30. The van der Waals surface area contributed by atoms with Gasteiger partial charge in [-0.3, -0.25) is 9.59 Å². The largest absolute Gasteiger partial charge is 0.464 e. The van der Waals surface area contributed by atoms with Crippen molar-refractivity contribution in [1.82, 2.24) is 9.88 Å². The minimum Gasteiger partial charge on any atom is -0.464 e. The summed E-state index contributed by atoms with van der Waals surface area (Å²) in [6, 6.07) is 3.11. The highest BCUT2D eigenvalue weighted by Crippen LogP contribution is 2.33. The van der Waals surface area contributed by atoms with E-state index >= 15 is 0 Å². The number of nitrogens with zero attached hydrogens (tertiary/aromatic N) is 1. The van der Waals surface area contributed by atoms with Gasteiger partial charge in [-0.2, -0.15) is 0 Å². The zero-order chi connectivity index (χ0) is 19.0. The minimum absolute atomic E-state index is 0.100. The molecular weight excluding hydrogens is 352 g/mol. The molecule has 2 aromatic heterocycles. The molecule has 1 aliphatic rings. The van der Waals surface area contributed by atoms with E-state index in [2.05, 4.69) is 4.98 Å². The van der Waals surface area contributed by atoms with E-state index in [-0.39, 0.29) is 23.4 Å². The molecule has 1 amide bonds. The molecule has 6 nitrogen and oxygen atoms in total. The number of esters is 1. The van der Waals surface area contributed by atoms with Crippen LogP contribution >= 0.6 is 11.3 Å². The third-order valence-corrected chi connectivity index (χ3v) is 5.63. The van der Waals surface area contributed by atoms with Gasteiger partial charge in [0.1, 0.15) is 5.69 Å². The summed E-state index contributed by atoms with van der Waals surface area (Å²) in [4.78, 5) is 43.2. The van der Waals surface area contributed by atoms with Crippen LogP contribution in [0, 0.1) is 13.8 Å². The second-order valence-electron chi connectivity index (χ2n) is 6.58. The Labute approximate surface area is 156 Å². The van der Waals surface area contributed by atoms with Crippen molar-refractivity contribution in [1.29, 1.82) is 0 Å². The van der Waals surface area contributed by atoms with Gasteiger partial charge in [0.25, 0.3) is 5.91 Å². The van der Waals surface area contributed by atoms with Crippen LogP contribution in [-0.2, 0) is 4.74 Å². The van der Waals surface area contributed by atoms with Crippen LogP contribution < -0.4 is 0 Å². The van der Waals surface area contributed by atoms with Crippen molar-refractivity contribution in [3.8, 4) is 0 Å². The van der Waals surface area contributed by atoms with Crippen LogP contribution in [0.3, 0.4) is 0 Å². The van der Waals surface area contributed by atoms with Gasteiger partial charge in [-0.25, -0.2) is 4.79 Å². The third kappa shape index (κ3) is 3.19. The molecule has 0 radical (unpaired) electrons. The van der Waals surface area contributed by atoms with E-state index in [0.29, 0.717) is 21.7 Å². The summed E-state index contributed by atoms with van der Waals surface area (Å²) in [5.74, 6) is -0.781. The number of rotatable bonds is 6. The van der Waals surface area contributed by atoms with Crippen LogP contribution in [0.5, 0.6) is 0 Å². The number of hydrogen-bond acceptors (Lipinski definition) is 5. The number of H-pyrrole nitrogens is 1. The molecule has 26 heavy (non-hydrogen) atoms. The Morgan fingerprint density at radius 1 is 1.31 bits per heavy atom. The average molecular weight is 374 g/mol. The first-order chi connectivity index (χ1) is 12.4. The van der Waals surface area contributed by atoms with Gasteiger partial charge >= 0.3 is 5.97 Å². The molecule has 0 saturated heterocycles. The first kappa shape index (κ1) is 18.4. The molecule has 1 atom stereocenters. The van der Waals surface area contributed by atoms with E-state index in [1.54, 1.807) is 31.7 Å². The van der Waals surface area contributed by atoms with Crippen LogP contribution in [-0.4, -0.2) is 46.7 Å². The monoisotopic (exact) mass is 374 g/mol. The SMILES string of the molecule is COC(=O)c1[nH]c(C)c(C(=O)[C@@H](C)N(C(=O)c2cccs2)C2CC2)c1C. The van der Waals surface area contributed by atoms with E-state index in [0.717, 1.165) is 12.8 Å². The lowest BCUT2D eigenvalue weighted by Crippen LogP contribution is -2.44. The van der Waals surface area contributed by atoms with Crippen molar-refractivity contribution in [3.63, 3.8) is 0 Å². The average Bonchev–Trinajstić information content (AvgIpc) is 3.19. The Balaban J connectivity index is 1.92. The maximum absolute atomic E-state index is 13.2. The number of aromatic amines is 1. The normalized spacial score (nSPS) is 14.8. The number of carbonyl (C=O) groups is 3. The van der Waals surface area contributed by atoms with Crippen LogP contribution in [0.2, 0.25) is 0 Å². The fourth-order valence-electron chi connectivity index (χ4n) is 3.30. The molecule has 2 aromatic rings. The van der Waals surface area contributed by atoms with Crippen molar-refractivity contribution in [2.45, 2.75) is 45.7 Å². The fraction of sp³-hybridized carbons (Fsp3) is 0.421. The highest BCUT2D eigenvalue weighted by Gasteiger charge is 2.40. The van der Waals surface area contributed by atoms with Crippen LogP contribution in [0.25, 0.3) is 0 Å². The summed E-state index contributed by atoms with van der Waals surface area (Å²) in [5, 5.41) is 1.86. The van der Waals surface area contributed by atoms with E-state index in [9.17, 15) is 14.4 Å². The van der Waals surface area contributed by atoms with Crippen molar-refractivity contribution in [3.05, 3.63) is 44.9 Å². The number of methoxy groups -OCH3 is 1.